The molecule has 0 fully saturated rings. The molecule has 5 nitrogen and oxygen atoms in total. The van der Waals surface area contributed by atoms with Crippen LogP contribution in [0.15, 0.2) is 77.3 Å². The Morgan fingerprint density at radius 1 is 0.920 bits per heavy atom. The van der Waals surface area contributed by atoms with Crippen molar-refractivity contribution in [2.24, 2.45) is 0 Å². The number of fused-ring (bicyclic) bond motifs is 1. The summed E-state index contributed by atoms with van der Waals surface area (Å²) in [5.41, 5.74) is 1.50. The van der Waals surface area contributed by atoms with Crippen LogP contribution in [0.4, 0.5) is 0 Å². The molecule has 122 valence electrons. The molecule has 25 heavy (non-hydrogen) atoms. The topological polar surface area (TPSA) is 68.0 Å². The fraction of sp³-hybridized carbons (Fsp3) is 0.0500. The van der Waals surface area contributed by atoms with Gasteiger partial charge in [-0.25, -0.2) is 0 Å². The van der Waals surface area contributed by atoms with Crippen molar-refractivity contribution >= 4 is 16.7 Å². The second kappa shape index (κ2) is 6.57. The average Bonchev–Trinajstić information content (AvgIpc) is 3.15. The van der Waals surface area contributed by atoms with E-state index >= 15 is 0 Å². The van der Waals surface area contributed by atoms with Crippen LogP contribution in [0.2, 0.25) is 0 Å². The Hall–Kier alpha value is -3.47. The van der Waals surface area contributed by atoms with Crippen molar-refractivity contribution in [3.05, 3.63) is 84.3 Å². The fourth-order valence-corrected chi connectivity index (χ4v) is 2.71. The molecule has 0 aliphatic carbocycles. The first-order valence-corrected chi connectivity index (χ1v) is 7.95. The Labute approximate surface area is 144 Å². The highest BCUT2D eigenvalue weighted by molar-refractivity contribution is 6.06. The minimum Gasteiger partial charge on any atom is -0.343 e. The molecule has 0 bridgehead atoms. The summed E-state index contributed by atoms with van der Waals surface area (Å²) in [6.07, 6.45) is 0. The number of nitrogens with zero attached hydrogens (tertiary/aromatic N) is 2. The summed E-state index contributed by atoms with van der Waals surface area (Å²) in [5.74, 6) is 0.707. The molecule has 1 N–H and O–H groups in total. The van der Waals surface area contributed by atoms with Crippen molar-refractivity contribution in [3.8, 4) is 11.4 Å². The fourth-order valence-electron chi connectivity index (χ4n) is 2.71. The van der Waals surface area contributed by atoms with E-state index in [1.807, 2.05) is 66.7 Å². The highest BCUT2D eigenvalue weighted by atomic mass is 16.5. The zero-order valence-electron chi connectivity index (χ0n) is 13.3. The number of rotatable bonds is 4. The van der Waals surface area contributed by atoms with E-state index < -0.39 is 0 Å². The molecule has 0 atom stereocenters. The standard InChI is InChI=1S/C20H15N3O2/c24-20(17-12-6-10-14-7-4-5-11-16(14)17)21-13-18-22-19(23-25-18)15-8-2-1-3-9-15/h1-12H,13H2,(H,21,24). The minimum absolute atomic E-state index is 0.170. The number of nitrogens with one attached hydrogen (secondary N) is 1. The monoisotopic (exact) mass is 329 g/mol. The van der Waals surface area contributed by atoms with Gasteiger partial charge in [0.1, 0.15) is 0 Å². The van der Waals surface area contributed by atoms with Gasteiger partial charge in [-0.1, -0.05) is 71.9 Å². The second-order valence-electron chi connectivity index (χ2n) is 5.59. The van der Waals surface area contributed by atoms with E-state index in [1.54, 1.807) is 6.07 Å². The van der Waals surface area contributed by atoms with Crippen molar-refractivity contribution < 1.29 is 9.32 Å². The molecule has 0 saturated carbocycles. The van der Waals surface area contributed by atoms with Gasteiger partial charge in [-0.3, -0.25) is 4.79 Å². The smallest absolute Gasteiger partial charge is 0.252 e. The van der Waals surface area contributed by atoms with Gasteiger partial charge in [0, 0.05) is 11.1 Å². The number of carbonyl (C=O) groups is 1. The van der Waals surface area contributed by atoms with Crippen LogP contribution in [0.5, 0.6) is 0 Å². The third-order valence-corrected chi connectivity index (χ3v) is 3.93. The summed E-state index contributed by atoms with van der Waals surface area (Å²) in [5, 5.41) is 8.73. The van der Waals surface area contributed by atoms with Gasteiger partial charge in [0.05, 0.1) is 6.54 Å². The molecule has 0 saturated heterocycles. The zero-order valence-corrected chi connectivity index (χ0v) is 13.3. The lowest BCUT2D eigenvalue weighted by Crippen LogP contribution is -2.23. The van der Waals surface area contributed by atoms with Gasteiger partial charge in [-0.15, -0.1) is 0 Å². The van der Waals surface area contributed by atoms with Crippen LogP contribution >= 0.6 is 0 Å². The normalized spacial score (nSPS) is 10.7. The Bertz CT molecular complexity index is 1020. The van der Waals surface area contributed by atoms with Crippen LogP contribution in [-0.2, 0) is 6.54 Å². The molecule has 5 heteroatoms. The third kappa shape index (κ3) is 3.12. The summed E-state index contributed by atoms with van der Waals surface area (Å²) >= 11 is 0. The molecule has 1 aromatic heterocycles. The Kier molecular flexibility index (Phi) is 3.96. The van der Waals surface area contributed by atoms with Crippen molar-refractivity contribution in [2.45, 2.75) is 6.54 Å². The summed E-state index contributed by atoms with van der Waals surface area (Å²) < 4.78 is 5.22. The molecular formula is C20H15N3O2. The molecule has 1 heterocycles. The molecule has 0 radical (unpaired) electrons. The number of hydrogen-bond donors (Lipinski definition) is 1. The zero-order chi connectivity index (χ0) is 17.1. The molecule has 0 aliphatic rings. The molecule has 1 amide bonds. The van der Waals surface area contributed by atoms with E-state index in [1.165, 1.54) is 0 Å². The lowest BCUT2D eigenvalue weighted by atomic mass is 10.0. The molecule has 0 unspecified atom stereocenters. The Morgan fingerprint density at radius 3 is 2.56 bits per heavy atom. The van der Waals surface area contributed by atoms with E-state index in [0.717, 1.165) is 16.3 Å². The van der Waals surface area contributed by atoms with Gasteiger partial charge < -0.3 is 9.84 Å². The van der Waals surface area contributed by atoms with E-state index in [4.69, 9.17) is 4.52 Å². The number of amides is 1. The maximum absolute atomic E-state index is 12.5. The third-order valence-electron chi connectivity index (χ3n) is 3.93. The first-order chi connectivity index (χ1) is 12.3. The summed E-state index contributed by atoms with van der Waals surface area (Å²) in [6, 6.07) is 23.0. The maximum Gasteiger partial charge on any atom is 0.252 e. The molecule has 4 aromatic rings. The van der Waals surface area contributed by atoms with Crippen LogP contribution in [0.3, 0.4) is 0 Å². The van der Waals surface area contributed by atoms with Crippen molar-refractivity contribution in [1.82, 2.24) is 15.5 Å². The van der Waals surface area contributed by atoms with Gasteiger partial charge in [0.25, 0.3) is 5.91 Å². The predicted molar refractivity (Wildman–Crippen MR) is 94.9 cm³/mol. The van der Waals surface area contributed by atoms with E-state index in [2.05, 4.69) is 15.5 Å². The molecule has 4 rings (SSSR count). The Morgan fingerprint density at radius 2 is 1.68 bits per heavy atom. The van der Waals surface area contributed by atoms with Crippen LogP contribution in [0, 0.1) is 0 Å². The van der Waals surface area contributed by atoms with Crippen LogP contribution in [0.1, 0.15) is 16.2 Å². The van der Waals surface area contributed by atoms with Crippen molar-refractivity contribution in [3.63, 3.8) is 0 Å². The van der Waals surface area contributed by atoms with Gasteiger partial charge >= 0.3 is 0 Å². The largest absolute Gasteiger partial charge is 0.343 e. The van der Waals surface area contributed by atoms with Gasteiger partial charge in [0.2, 0.25) is 11.7 Å². The molecule has 0 spiro atoms. The molecule has 3 aromatic carbocycles. The first kappa shape index (κ1) is 15.1. The quantitative estimate of drug-likeness (QED) is 0.618. The SMILES string of the molecule is O=C(NCc1nc(-c2ccccc2)no1)c1cccc2ccccc12. The summed E-state index contributed by atoms with van der Waals surface area (Å²) in [7, 11) is 0. The number of aromatic nitrogens is 2. The lowest BCUT2D eigenvalue weighted by molar-refractivity contribution is 0.0948. The first-order valence-electron chi connectivity index (χ1n) is 7.95. The van der Waals surface area contributed by atoms with E-state index in [0.29, 0.717) is 17.3 Å². The molecular weight excluding hydrogens is 314 g/mol. The van der Waals surface area contributed by atoms with Crippen LogP contribution in [0.25, 0.3) is 22.2 Å². The second-order valence-corrected chi connectivity index (χ2v) is 5.59. The van der Waals surface area contributed by atoms with Crippen LogP contribution in [-0.4, -0.2) is 16.0 Å². The lowest BCUT2D eigenvalue weighted by Gasteiger charge is -2.06. The van der Waals surface area contributed by atoms with E-state index in [-0.39, 0.29) is 12.5 Å². The van der Waals surface area contributed by atoms with Gasteiger partial charge in [0.15, 0.2) is 0 Å². The summed E-state index contributed by atoms with van der Waals surface area (Å²) in [4.78, 5) is 16.8. The summed E-state index contributed by atoms with van der Waals surface area (Å²) in [6.45, 7) is 0.182. The average molecular weight is 329 g/mol. The van der Waals surface area contributed by atoms with Crippen molar-refractivity contribution in [1.29, 1.82) is 0 Å². The molecule has 0 aliphatic heterocycles. The van der Waals surface area contributed by atoms with Gasteiger partial charge in [-0.05, 0) is 16.8 Å². The Balaban J connectivity index is 1.50. The van der Waals surface area contributed by atoms with Crippen LogP contribution < -0.4 is 5.32 Å². The highest BCUT2D eigenvalue weighted by Crippen LogP contribution is 2.19. The minimum atomic E-state index is -0.170. The predicted octanol–water partition coefficient (Wildman–Crippen LogP) is 3.82. The highest BCUT2D eigenvalue weighted by Gasteiger charge is 2.12. The number of hydrogen-bond acceptors (Lipinski definition) is 4. The number of benzene rings is 3. The number of carbonyl (C=O) groups excluding carboxylic acids is 1. The van der Waals surface area contributed by atoms with Gasteiger partial charge in [-0.2, -0.15) is 4.98 Å². The van der Waals surface area contributed by atoms with Crippen molar-refractivity contribution in [2.75, 3.05) is 0 Å². The van der Waals surface area contributed by atoms with E-state index in [9.17, 15) is 4.79 Å². The maximum atomic E-state index is 12.5.